The molecule has 3 aromatic rings. The van der Waals surface area contributed by atoms with Gasteiger partial charge in [-0.05, 0) is 41.8 Å². The highest BCUT2D eigenvalue weighted by Crippen LogP contribution is 2.24. The molecule has 4 nitrogen and oxygen atoms in total. The van der Waals surface area contributed by atoms with Crippen LogP contribution in [0, 0.1) is 0 Å². The zero-order chi connectivity index (χ0) is 18.4. The minimum absolute atomic E-state index is 0.0647. The van der Waals surface area contributed by atoms with Gasteiger partial charge >= 0.3 is 0 Å². The van der Waals surface area contributed by atoms with Crippen LogP contribution < -0.4 is 4.74 Å². The quantitative estimate of drug-likeness (QED) is 0.617. The first-order valence-corrected chi connectivity index (χ1v) is 8.42. The molecule has 4 heteroatoms. The molecule has 0 aliphatic carbocycles. The number of hydrogen-bond acceptors (Lipinski definition) is 4. The second-order valence-corrected chi connectivity index (χ2v) is 6.04. The lowest BCUT2D eigenvalue weighted by molar-refractivity contribution is 0.0980. The number of ether oxygens (including phenoxy) is 1. The Balaban J connectivity index is 1.53. The lowest BCUT2D eigenvalue weighted by Gasteiger charge is -2.08. The highest BCUT2D eigenvalue weighted by molar-refractivity contribution is 5.98. The Kier molecular flexibility index (Phi) is 5.54. The Labute approximate surface area is 152 Å². The number of carbonyl (C=O) groups excluding carboxylic acids is 1. The van der Waals surface area contributed by atoms with Gasteiger partial charge in [0.1, 0.15) is 23.9 Å². The predicted molar refractivity (Wildman–Crippen MR) is 99.6 cm³/mol. The molecule has 0 amide bonds. The lowest BCUT2D eigenvalue weighted by atomic mass is 10.0. The maximum Gasteiger partial charge on any atom is 0.166 e. The van der Waals surface area contributed by atoms with Crippen LogP contribution in [0.1, 0.15) is 27.9 Å². The summed E-state index contributed by atoms with van der Waals surface area (Å²) in [5.41, 5.74) is 2.35. The number of phenols is 2. The highest BCUT2D eigenvalue weighted by atomic mass is 16.5. The molecule has 0 saturated heterocycles. The smallest absolute Gasteiger partial charge is 0.166 e. The predicted octanol–water partition coefficient (Wildman–Crippen LogP) is 4.49. The van der Waals surface area contributed by atoms with Crippen molar-refractivity contribution < 1.29 is 19.7 Å². The van der Waals surface area contributed by atoms with Crippen molar-refractivity contribution in [2.24, 2.45) is 0 Å². The van der Waals surface area contributed by atoms with E-state index in [1.807, 2.05) is 54.6 Å². The van der Waals surface area contributed by atoms with Gasteiger partial charge in [-0.3, -0.25) is 4.79 Å². The second kappa shape index (κ2) is 8.21. The summed E-state index contributed by atoms with van der Waals surface area (Å²) in [5, 5.41) is 19.0. The normalized spacial score (nSPS) is 10.5. The molecule has 0 aliphatic rings. The minimum Gasteiger partial charge on any atom is -0.508 e. The monoisotopic (exact) mass is 348 g/mol. The van der Waals surface area contributed by atoms with E-state index in [1.165, 1.54) is 18.2 Å². The van der Waals surface area contributed by atoms with E-state index in [0.717, 1.165) is 16.9 Å². The summed E-state index contributed by atoms with van der Waals surface area (Å²) < 4.78 is 5.75. The Morgan fingerprint density at radius 1 is 0.846 bits per heavy atom. The molecule has 26 heavy (non-hydrogen) atoms. The number of ketones is 1. The third kappa shape index (κ3) is 4.63. The fourth-order valence-corrected chi connectivity index (χ4v) is 2.64. The van der Waals surface area contributed by atoms with Crippen molar-refractivity contribution in [3.8, 4) is 17.2 Å². The number of aryl methyl sites for hydroxylation is 1. The van der Waals surface area contributed by atoms with Crippen LogP contribution in [0.5, 0.6) is 17.2 Å². The van der Waals surface area contributed by atoms with Crippen molar-refractivity contribution in [2.45, 2.75) is 19.4 Å². The molecule has 0 atom stereocenters. The minimum atomic E-state index is -0.195. The number of benzene rings is 3. The summed E-state index contributed by atoms with van der Waals surface area (Å²) >= 11 is 0. The van der Waals surface area contributed by atoms with Gasteiger partial charge in [0.25, 0.3) is 0 Å². The molecule has 132 valence electrons. The van der Waals surface area contributed by atoms with Gasteiger partial charge in [0.2, 0.25) is 0 Å². The Hall–Kier alpha value is -3.27. The average molecular weight is 348 g/mol. The molecule has 0 unspecified atom stereocenters. The summed E-state index contributed by atoms with van der Waals surface area (Å²) in [7, 11) is 0. The van der Waals surface area contributed by atoms with Gasteiger partial charge in [-0.25, -0.2) is 0 Å². The van der Waals surface area contributed by atoms with Gasteiger partial charge in [-0.2, -0.15) is 0 Å². The third-order valence-corrected chi connectivity index (χ3v) is 4.09. The first kappa shape index (κ1) is 17.5. The summed E-state index contributed by atoms with van der Waals surface area (Å²) in [4.78, 5) is 12.2. The van der Waals surface area contributed by atoms with Crippen LogP contribution >= 0.6 is 0 Å². The van der Waals surface area contributed by atoms with Crippen molar-refractivity contribution in [1.29, 1.82) is 0 Å². The zero-order valence-corrected chi connectivity index (χ0v) is 14.3. The zero-order valence-electron chi connectivity index (χ0n) is 14.3. The maximum absolute atomic E-state index is 12.2. The van der Waals surface area contributed by atoms with Crippen LogP contribution in [0.15, 0.2) is 72.8 Å². The van der Waals surface area contributed by atoms with Crippen LogP contribution in [-0.4, -0.2) is 16.0 Å². The molecule has 2 N–H and O–H groups in total. The van der Waals surface area contributed by atoms with Crippen LogP contribution in [0.4, 0.5) is 0 Å². The molecular weight excluding hydrogens is 328 g/mol. The number of Topliss-reactive ketones (excluding diaryl/α,β-unsaturated/α-hetero) is 1. The molecule has 0 aromatic heterocycles. The second-order valence-electron chi connectivity index (χ2n) is 6.04. The van der Waals surface area contributed by atoms with Gasteiger partial charge in [0, 0.05) is 12.5 Å². The van der Waals surface area contributed by atoms with Crippen LogP contribution in [0.2, 0.25) is 0 Å². The van der Waals surface area contributed by atoms with E-state index < -0.39 is 0 Å². The van der Waals surface area contributed by atoms with Gasteiger partial charge in [0.15, 0.2) is 5.78 Å². The van der Waals surface area contributed by atoms with Crippen molar-refractivity contribution in [3.05, 3.63) is 89.5 Å². The van der Waals surface area contributed by atoms with Crippen LogP contribution in [0.25, 0.3) is 0 Å². The van der Waals surface area contributed by atoms with Gasteiger partial charge in [-0.1, -0.05) is 42.5 Å². The first-order valence-electron chi connectivity index (χ1n) is 8.42. The summed E-state index contributed by atoms with van der Waals surface area (Å²) in [6.45, 7) is 0.513. The molecule has 0 bridgehead atoms. The molecule has 0 heterocycles. The Morgan fingerprint density at radius 3 is 2.27 bits per heavy atom. The van der Waals surface area contributed by atoms with Crippen molar-refractivity contribution in [3.63, 3.8) is 0 Å². The number of carbonyl (C=O) groups is 1. The van der Waals surface area contributed by atoms with E-state index in [9.17, 15) is 15.0 Å². The molecule has 0 fully saturated rings. The van der Waals surface area contributed by atoms with E-state index in [-0.39, 0.29) is 29.3 Å². The summed E-state index contributed by atoms with van der Waals surface area (Å²) in [5.74, 6) is 0.358. The van der Waals surface area contributed by atoms with E-state index >= 15 is 0 Å². The first-order chi connectivity index (χ1) is 12.6. The van der Waals surface area contributed by atoms with Crippen molar-refractivity contribution >= 4 is 5.78 Å². The third-order valence-electron chi connectivity index (χ3n) is 4.09. The van der Waals surface area contributed by atoms with E-state index in [0.29, 0.717) is 13.0 Å². The molecular formula is C22H20O4. The van der Waals surface area contributed by atoms with Crippen LogP contribution in [0.3, 0.4) is 0 Å². The van der Waals surface area contributed by atoms with E-state index in [2.05, 4.69) is 0 Å². The number of phenolic OH excluding ortho intramolecular Hbond substituents is 2. The molecule has 3 rings (SSSR count). The number of aromatic hydroxyl groups is 2. The fraction of sp³-hybridized carbons (Fsp3) is 0.136. The van der Waals surface area contributed by atoms with Gasteiger partial charge < -0.3 is 14.9 Å². The largest absolute Gasteiger partial charge is 0.508 e. The molecule has 0 saturated carbocycles. The van der Waals surface area contributed by atoms with Gasteiger partial charge in [-0.15, -0.1) is 0 Å². The maximum atomic E-state index is 12.2. The summed E-state index contributed by atoms with van der Waals surface area (Å²) in [6.07, 6.45) is 0.848. The molecule has 0 aliphatic heterocycles. The van der Waals surface area contributed by atoms with Crippen LogP contribution in [-0.2, 0) is 13.0 Å². The summed E-state index contributed by atoms with van der Waals surface area (Å²) in [6, 6.07) is 21.6. The SMILES string of the molecule is O=C(CCc1ccc(OCc2ccccc2)cc1)c1ccc(O)cc1O. The topological polar surface area (TPSA) is 66.8 Å². The molecule has 0 spiro atoms. The standard InChI is InChI=1S/C22H20O4/c23-18-9-12-20(22(25)14-18)21(24)13-8-16-6-10-19(11-7-16)26-15-17-4-2-1-3-5-17/h1-7,9-12,14,23,25H,8,13,15H2. The molecule has 3 aromatic carbocycles. The van der Waals surface area contributed by atoms with Crippen molar-refractivity contribution in [2.75, 3.05) is 0 Å². The van der Waals surface area contributed by atoms with E-state index in [1.54, 1.807) is 0 Å². The number of hydrogen-bond donors (Lipinski definition) is 2. The van der Waals surface area contributed by atoms with E-state index in [4.69, 9.17) is 4.74 Å². The Bertz CT molecular complexity index is 870. The van der Waals surface area contributed by atoms with Gasteiger partial charge in [0.05, 0.1) is 5.56 Å². The molecule has 0 radical (unpaired) electrons. The Morgan fingerprint density at radius 2 is 1.58 bits per heavy atom. The van der Waals surface area contributed by atoms with Crippen molar-refractivity contribution in [1.82, 2.24) is 0 Å². The highest BCUT2D eigenvalue weighted by Gasteiger charge is 2.11. The average Bonchev–Trinajstić information content (AvgIpc) is 2.66. The number of rotatable bonds is 7. The fourth-order valence-electron chi connectivity index (χ4n) is 2.64. The lowest BCUT2D eigenvalue weighted by Crippen LogP contribution is -2.01.